The molecule has 2 aromatic carbocycles. The summed E-state index contributed by atoms with van der Waals surface area (Å²) in [4.78, 5) is 9.98. The van der Waals surface area contributed by atoms with Crippen molar-refractivity contribution in [3.63, 3.8) is 0 Å². The summed E-state index contributed by atoms with van der Waals surface area (Å²) in [5, 5.41) is 11.4. The third-order valence-corrected chi connectivity index (χ3v) is 5.82. The summed E-state index contributed by atoms with van der Waals surface area (Å²) in [5.41, 5.74) is 0.246. The fourth-order valence-corrected chi connectivity index (χ4v) is 3.50. The quantitative estimate of drug-likeness (QED) is 0.589. The van der Waals surface area contributed by atoms with Gasteiger partial charge in [-0.1, -0.05) is 41.4 Å². The predicted molar refractivity (Wildman–Crippen MR) is 88.2 cm³/mol. The van der Waals surface area contributed by atoms with Crippen molar-refractivity contribution in [3.05, 3.63) is 68.2 Å². The number of benzene rings is 2. The van der Waals surface area contributed by atoms with Gasteiger partial charge in [0.25, 0.3) is 5.69 Å². The molecule has 0 saturated heterocycles. The van der Waals surface area contributed by atoms with E-state index >= 15 is 0 Å². The number of hydrogen-bond donors (Lipinski definition) is 0. The van der Waals surface area contributed by atoms with Gasteiger partial charge >= 0.3 is 0 Å². The van der Waals surface area contributed by atoms with Crippen molar-refractivity contribution < 1.29 is 13.3 Å². The molecule has 2 aromatic rings. The highest BCUT2D eigenvalue weighted by Gasteiger charge is 2.23. The molecule has 0 atom stereocenters. The van der Waals surface area contributed by atoms with Gasteiger partial charge in [0.15, 0.2) is 0 Å². The first-order valence-corrected chi connectivity index (χ1v) is 8.57. The molecule has 9 heteroatoms. The maximum Gasteiger partial charge on any atom is 0.270 e. The Labute approximate surface area is 143 Å². The van der Waals surface area contributed by atoms with Crippen molar-refractivity contribution in [2.45, 2.75) is 11.4 Å². The summed E-state index contributed by atoms with van der Waals surface area (Å²) >= 11 is 12.0. The van der Waals surface area contributed by atoms with Crippen LogP contribution in [0.3, 0.4) is 0 Å². The van der Waals surface area contributed by atoms with Crippen LogP contribution in [0.2, 0.25) is 10.0 Å². The molecule has 2 rings (SSSR count). The van der Waals surface area contributed by atoms with Gasteiger partial charge in [-0.05, 0) is 17.7 Å². The van der Waals surface area contributed by atoms with Crippen LogP contribution in [0.25, 0.3) is 0 Å². The van der Waals surface area contributed by atoms with Crippen LogP contribution < -0.4 is 0 Å². The second-order valence-corrected chi connectivity index (χ2v) is 7.56. The van der Waals surface area contributed by atoms with Crippen LogP contribution in [0.5, 0.6) is 0 Å². The van der Waals surface area contributed by atoms with Crippen LogP contribution in [-0.4, -0.2) is 24.7 Å². The number of halogens is 2. The molecule has 0 N–H and O–H groups in total. The highest BCUT2D eigenvalue weighted by Crippen LogP contribution is 2.28. The summed E-state index contributed by atoms with van der Waals surface area (Å²) in [7, 11) is -2.53. The van der Waals surface area contributed by atoms with Crippen LogP contribution in [-0.2, 0) is 16.6 Å². The van der Waals surface area contributed by atoms with Crippen LogP contribution in [0.1, 0.15) is 5.56 Å². The Kier molecular flexibility index (Phi) is 5.26. The van der Waals surface area contributed by atoms with E-state index in [1.165, 1.54) is 25.2 Å². The summed E-state index contributed by atoms with van der Waals surface area (Å²) in [5.74, 6) is 0. The summed E-state index contributed by atoms with van der Waals surface area (Å²) in [6.07, 6.45) is 0. The number of hydrogen-bond acceptors (Lipinski definition) is 4. The van der Waals surface area contributed by atoms with Crippen molar-refractivity contribution in [3.8, 4) is 0 Å². The molecule has 0 saturated carbocycles. The van der Waals surface area contributed by atoms with E-state index in [4.69, 9.17) is 23.2 Å². The van der Waals surface area contributed by atoms with E-state index in [9.17, 15) is 18.5 Å². The molecular formula is C14H12Cl2N2O4S. The minimum atomic E-state index is -3.90. The normalized spacial score (nSPS) is 11.7. The van der Waals surface area contributed by atoms with E-state index in [0.29, 0.717) is 10.6 Å². The molecule has 0 unspecified atom stereocenters. The van der Waals surface area contributed by atoms with Crippen molar-refractivity contribution >= 4 is 38.9 Å². The summed E-state index contributed by atoms with van der Waals surface area (Å²) < 4.78 is 26.1. The molecule has 0 amide bonds. The molecule has 23 heavy (non-hydrogen) atoms. The Morgan fingerprint density at radius 1 is 1.17 bits per heavy atom. The number of nitrogens with zero attached hydrogens (tertiary/aromatic N) is 2. The summed E-state index contributed by atoms with van der Waals surface area (Å²) in [6.45, 7) is -0.00951. The van der Waals surface area contributed by atoms with Gasteiger partial charge in [-0.3, -0.25) is 10.1 Å². The summed E-state index contributed by atoms with van der Waals surface area (Å²) in [6, 6.07) is 9.80. The van der Waals surface area contributed by atoms with Crippen LogP contribution >= 0.6 is 23.2 Å². The Bertz CT molecular complexity index is 856. The van der Waals surface area contributed by atoms with E-state index in [0.717, 1.165) is 10.4 Å². The van der Waals surface area contributed by atoms with Gasteiger partial charge in [0.2, 0.25) is 10.0 Å². The van der Waals surface area contributed by atoms with Gasteiger partial charge in [-0.15, -0.1) is 0 Å². The third kappa shape index (κ3) is 3.81. The monoisotopic (exact) mass is 374 g/mol. The van der Waals surface area contributed by atoms with Gasteiger partial charge in [0.05, 0.1) is 19.9 Å². The molecule has 0 heterocycles. The SMILES string of the molecule is CN(Cc1cccc(Cl)c1Cl)S(=O)(=O)c1cccc([N+](=O)[O-])c1. The van der Waals surface area contributed by atoms with Gasteiger partial charge < -0.3 is 0 Å². The lowest BCUT2D eigenvalue weighted by Crippen LogP contribution is -2.26. The first kappa shape index (κ1) is 17.7. The van der Waals surface area contributed by atoms with E-state index < -0.39 is 14.9 Å². The van der Waals surface area contributed by atoms with Crippen molar-refractivity contribution in [1.29, 1.82) is 0 Å². The molecular weight excluding hydrogens is 363 g/mol. The minimum Gasteiger partial charge on any atom is -0.258 e. The van der Waals surface area contributed by atoms with Gasteiger partial charge in [0, 0.05) is 25.7 Å². The second-order valence-electron chi connectivity index (χ2n) is 4.73. The van der Waals surface area contributed by atoms with Crippen LogP contribution in [0.4, 0.5) is 5.69 Å². The fraction of sp³-hybridized carbons (Fsp3) is 0.143. The molecule has 0 bridgehead atoms. The van der Waals surface area contributed by atoms with E-state index in [1.807, 2.05) is 0 Å². The Balaban J connectivity index is 2.34. The zero-order valence-corrected chi connectivity index (χ0v) is 14.3. The van der Waals surface area contributed by atoms with Gasteiger partial charge in [-0.25, -0.2) is 8.42 Å². The molecule has 0 aromatic heterocycles. The Morgan fingerprint density at radius 2 is 1.83 bits per heavy atom. The van der Waals surface area contributed by atoms with Crippen LogP contribution in [0.15, 0.2) is 47.4 Å². The molecule has 0 aliphatic carbocycles. The first-order valence-electron chi connectivity index (χ1n) is 6.37. The number of nitro benzene ring substituents is 1. The minimum absolute atomic E-state index is 0.00951. The van der Waals surface area contributed by atoms with Crippen molar-refractivity contribution in [2.24, 2.45) is 0 Å². The van der Waals surface area contributed by atoms with Crippen molar-refractivity contribution in [2.75, 3.05) is 7.05 Å². The Morgan fingerprint density at radius 3 is 2.48 bits per heavy atom. The zero-order valence-electron chi connectivity index (χ0n) is 11.9. The average molecular weight is 375 g/mol. The fourth-order valence-electron chi connectivity index (χ4n) is 1.93. The number of nitro groups is 1. The molecule has 0 radical (unpaired) electrons. The second kappa shape index (κ2) is 6.84. The van der Waals surface area contributed by atoms with Gasteiger partial charge in [-0.2, -0.15) is 4.31 Å². The third-order valence-electron chi connectivity index (χ3n) is 3.16. The highest BCUT2D eigenvalue weighted by atomic mass is 35.5. The Hall–Kier alpha value is -1.67. The van der Waals surface area contributed by atoms with E-state index in [1.54, 1.807) is 18.2 Å². The maximum absolute atomic E-state index is 12.5. The predicted octanol–water partition coefficient (Wildman–Crippen LogP) is 3.72. The van der Waals surface area contributed by atoms with Crippen molar-refractivity contribution in [1.82, 2.24) is 4.31 Å². The largest absolute Gasteiger partial charge is 0.270 e. The smallest absolute Gasteiger partial charge is 0.258 e. The first-order chi connectivity index (χ1) is 10.7. The molecule has 122 valence electrons. The lowest BCUT2D eigenvalue weighted by molar-refractivity contribution is -0.385. The number of sulfonamides is 1. The van der Waals surface area contributed by atoms with E-state index in [2.05, 4.69) is 0 Å². The van der Waals surface area contributed by atoms with Crippen LogP contribution in [0, 0.1) is 10.1 Å². The average Bonchev–Trinajstić information content (AvgIpc) is 2.51. The standard InChI is InChI=1S/C14H12Cl2N2O4S/c1-17(9-10-4-2-7-13(15)14(10)16)23(21,22)12-6-3-5-11(8-12)18(19)20/h2-8H,9H2,1H3. The molecule has 6 nitrogen and oxygen atoms in total. The number of non-ortho nitro benzene ring substituents is 1. The number of rotatable bonds is 5. The maximum atomic E-state index is 12.5. The lowest BCUT2D eigenvalue weighted by atomic mass is 10.2. The molecule has 0 aliphatic rings. The lowest BCUT2D eigenvalue weighted by Gasteiger charge is -2.18. The molecule has 0 spiro atoms. The molecule has 0 aliphatic heterocycles. The highest BCUT2D eigenvalue weighted by molar-refractivity contribution is 7.89. The zero-order chi connectivity index (χ0) is 17.2. The topological polar surface area (TPSA) is 80.5 Å². The molecule has 0 fully saturated rings. The van der Waals surface area contributed by atoms with E-state index in [-0.39, 0.29) is 22.2 Å². The van der Waals surface area contributed by atoms with Gasteiger partial charge in [0.1, 0.15) is 0 Å².